The first kappa shape index (κ1) is 17.8. The summed E-state index contributed by atoms with van der Waals surface area (Å²) < 4.78 is 32.7. The number of rotatable bonds is 6. The first-order valence-electron chi connectivity index (χ1n) is 7.97. The third-order valence-corrected chi connectivity index (χ3v) is 3.74. The summed E-state index contributed by atoms with van der Waals surface area (Å²) in [7, 11) is 1.54. The molecular weight excluding hydrogens is 340 g/mol. The van der Waals surface area contributed by atoms with Crippen molar-refractivity contribution in [1.29, 1.82) is 0 Å². The number of amides is 1. The number of benzene rings is 2. The van der Waals surface area contributed by atoms with E-state index in [-0.39, 0.29) is 23.2 Å². The van der Waals surface area contributed by atoms with Crippen LogP contribution in [0.4, 0.5) is 8.78 Å². The van der Waals surface area contributed by atoms with Crippen molar-refractivity contribution in [2.24, 2.45) is 0 Å². The molecule has 0 unspecified atom stereocenters. The number of methoxy groups -OCH3 is 1. The van der Waals surface area contributed by atoms with E-state index in [2.05, 4.69) is 10.4 Å². The topological polar surface area (TPSA) is 56.1 Å². The maximum absolute atomic E-state index is 13.2. The molecule has 0 saturated carbocycles. The summed E-state index contributed by atoms with van der Waals surface area (Å²) >= 11 is 0. The Balaban J connectivity index is 2.00. The molecule has 26 heavy (non-hydrogen) atoms. The molecule has 0 bridgehead atoms. The highest BCUT2D eigenvalue weighted by molar-refractivity contribution is 5.94. The fourth-order valence-electron chi connectivity index (χ4n) is 2.44. The molecule has 3 aromatic rings. The molecule has 1 heterocycles. The molecule has 2 aromatic carbocycles. The summed E-state index contributed by atoms with van der Waals surface area (Å²) in [6.07, 6.45) is 0. The van der Waals surface area contributed by atoms with Crippen molar-refractivity contribution in [2.75, 3.05) is 20.3 Å². The number of hydrogen-bond donors (Lipinski definition) is 1. The lowest BCUT2D eigenvalue weighted by Gasteiger charge is -2.08. The number of ether oxygens (including phenoxy) is 1. The average molecular weight is 357 g/mol. The van der Waals surface area contributed by atoms with E-state index in [1.54, 1.807) is 25.3 Å². The number of aromatic nitrogens is 2. The number of halogens is 2. The minimum absolute atomic E-state index is 0.284. The van der Waals surface area contributed by atoms with Crippen LogP contribution in [-0.4, -0.2) is 35.9 Å². The first-order chi connectivity index (χ1) is 12.6. The van der Waals surface area contributed by atoms with Crippen molar-refractivity contribution in [1.82, 2.24) is 15.1 Å². The van der Waals surface area contributed by atoms with E-state index in [9.17, 15) is 13.6 Å². The Morgan fingerprint density at radius 2 is 1.69 bits per heavy atom. The Kier molecular flexibility index (Phi) is 5.38. The highest BCUT2D eigenvalue weighted by Gasteiger charge is 2.17. The number of nitrogens with one attached hydrogen (secondary N) is 1. The van der Waals surface area contributed by atoms with E-state index < -0.39 is 0 Å². The fourth-order valence-corrected chi connectivity index (χ4v) is 2.44. The minimum atomic E-state index is -0.384. The Labute approximate surface area is 149 Å². The minimum Gasteiger partial charge on any atom is -0.383 e. The first-order valence-corrected chi connectivity index (χ1v) is 7.97. The number of carbonyl (C=O) groups is 1. The number of hydrogen-bond acceptors (Lipinski definition) is 3. The highest BCUT2D eigenvalue weighted by Crippen LogP contribution is 2.22. The third-order valence-electron chi connectivity index (χ3n) is 3.74. The predicted molar refractivity (Wildman–Crippen MR) is 93.1 cm³/mol. The molecule has 0 radical (unpaired) electrons. The predicted octanol–water partition coefficient (Wildman–Crippen LogP) is 3.19. The lowest BCUT2D eigenvalue weighted by Crippen LogP contribution is -2.28. The van der Waals surface area contributed by atoms with Crippen LogP contribution in [-0.2, 0) is 4.74 Å². The summed E-state index contributed by atoms with van der Waals surface area (Å²) in [5.74, 6) is -1.08. The average Bonchev–Trinajstić information content (AvgIpc) is 3.08. The van der Waals surface area contributed by atoms with E-state index in [4.69, 9.17) is 4.74 Å². The molecule has 5 nitrogen and oxygen atoms in total. The van der Waals surface area contributed by atoms with E-state index in [0.29, 0.717) is 30.1 Å². The van der Waals surface area contributed by atoms with Gasteiger partial charge in [0.2, 0.25) is 0 Å². The van der Waals surface area contributed by atoms with Gasteiger partial charge in [-0.1, -0.05) is 0 Å². The summed E-state index contributed by atoms with van der Waals surface area (Å²) in [4.78, 5) is 12.5. The SMILES string of the molecule is COCCNC(=O)c1cc(-c2ccc(F)cc2)nn1-c1ccc(F)cc1. The Morgan fingerprint density at radius 1 is 1.08 bits per heavy atom. The molecule has 134 valence electrons. The Bertz CT molecular complexity index is 890. The monoisotopic (exact) mass is 357 g/mol. The number of carbonyl (C=O) groups excluding carboxylic acids is 1. The van der Waals surface area contributed by atoms with Gasteiger partial charge in [-0.3, -0.25) is 4.79 Å². The molecule has 0 aliphatic carbocycles. The maximum Gasteiger partial charge on any atom is 0.270 e. The van der Waals surface area contributed by atoms with Crippen molar-refractivity contribution >= 4 is 5.91 Å². The van der Waals surface area contributed by atoms with Gasteiger partial charge in [-0.25, -0.2) is 13.5 Å². The summed E-state index contributed by atoms with van der Waals surface area (Å²) in [6.45, 7) is 0.719. The second kappa shape index (κ2) is 7.88. The van der Waals surface area contributed by atoms with Gasteiger partial charge < -0.3 is 10.1 Å². The van der Waals surface area contributed by atoms with Crippen molar-refractivity contribution in [3.05, 3.63) is 71.9 Å². The highest BCUT2D eigenvalue weighted by atomic mass is 19.1. The van der Waals surface area contributed by atoms with Gasteiger partial charge in [-0.2, -0.15) is 5.10 Å². The van der Waals surface area contributed by atoms with Gasteiger partial charge in [0.05, 0.1) is 18.0 Å². The lowest BCUT2D eigenvalue weighted by molar-refractivity contribution is 0.0929. The van der Waals surface area contributed by atoms with E-state index >= 15 is 0 Å². The standard InChI is InChI=1S/C19H17F2N3O2/c1-26-11-10-22-19(25)18-12-17(13-2-4-14(20)5-3-13)23-24(18)16-8-6-15(21)7-9-16/h2-9,12H,10-11H2,1H3,(H,22,25). The number of nitrogens with zero attached hydrogens (tertiary/aromatic N) is 2. The van der Waals surface area contributed by atoms with Gasteiger partial charge >= 0.3 is 0 Å². The van der Waals surface area contributed by atoms with Gasteiger partial charge in [-0.15, -0.1) is 0 Å². The van der Waals surface area contributed by atoms with Gasteiger partial charge in [0.15, 0.2) is 0 Å². The molecule has 0 fully saturated rings. The summed E-state index contributed by atoms with van der Waals surface area (Å²) in [5, 5.41) is 7.18. The van der Waals surface area contributed by atoms with Crippen molar-refractivity contribution in [3.8, 4) is 16.9 Å². The van der Waals surface area contributed by atoms with Crippen LogP contribution in [0.25, 0.3) is 16.9 Å². The summed E-state index contributed by atoms with van der Waals surface area (Å²) in [6, 6.07) is 13.1. The molecular formula is C19H17F2N3O2. The molecule has 0 atom stereocenters. The molecule has 3 rings (SSSR count). The zero-order valence-corrected chi connectivity index (χ0v) is 14.1. The van der Waals surface area contributed by atoms with Crippen molar-refractivity contribution < 1.29 is 18.3 Å². The largest absolute Gasteiger partial charge is 0.383 e. The van der Waals surface area contributed by atoms with Gasteiger partial charge in [0.1, 0.15) is 17.3 Å². The second-order valence-corrected chi connectivity index (χ2v) is 5.56. The van der Waals surface area contributed by atoms with Gasteiger partial charge in [-0.05, 0) is 54.6 Å². The van der Waals surface area contributed by atoms with Crippen LogP contribution >= 0.6 is 0 Å². The molecule has 0 aliphatic heterocycles. The molecule has 0 spiro atoms. The van der Waals surface area contributed by atoms with Crippen molar-refractivity contribution in [2.45, 2.75) is 0 Å². The van der Waals surface area contributed by atoms with Crippen LogP contribution in [0.2, 0.25) is 0 Å². The van der Waals surface area contributed by atoms with Crippen molar-refractivity contribution in [3.63, 3.8) is 0 Å². The quantitative estimate of drug-likeness (QED) is 0.690. The smallest absolute Gasteiger partial charge is 0.270 e. The second-order valence-electron chi connectivity index (χ2n) is 5.56. The molecule has 0 aliphatic rings. The Hall–Kier alpha value is -3.06. The van der Waals surface area contributed by atoms with E-state index in [1.807, 2.05) is 0 Å². The summed E-state index contributed by atoms with van der Waals surface area (Å²) in [5.41, 5.74) is 1.99. The molecule has 0 saturated heterocycles. The molecule has 1 N–H and O–H groups in total. The van der Waals surface area contributed by atoms with E-state index in [0.717, 1.165) is 0 Å². The molecule has 1 aromatic heterocycles. The van der Waals surface area contributed by atoms with Crippen LogP contribution in [0.3, 0.4) is 0 Å². The Morgan fingerprint density at radius 3 is 2.31 bits per heavy atom. The zero-order chi connectivity index (χ0) is 18.5. The van der Waals surface area contributed by atoms with E-state index in [1.165, 1.54) is 41.1 Å². The normalized spacial score (nSPS) is 10.7. The molecule has 7 heteroatoms. The van der Waals surface area contributed by atoms with Crippen LogP contribution in [0, 0.1) is 11.6 Å². The van der Waals surface area contributed by atoms with Crippen LogP contribution in [0.15, 0.2) is 54.6 Å². The molecule has 1 amide bonds. The lowest BCUT2D eigenvalue weighted by atomic mass is 10.1. The fraction of sp³-hybridized carbons (Fsp3) is 0.158. The maximum atomic E-state index is 13.2. The van der Waals surface area contributed by atoms with Crippen LogP contribution in [0.1, 0.15) is 10.5 Å². The third kappa shape index (κ3) is 3.94. The van der Waals surface area contributed by atoms with Crippen LogP contribution in [0.5, 0.6) is 0 Å². The van der Waals surface area contributed by atoms with Gasteiger partial charge in [0.25, 0.3) is 5.91 Å². The van der Waals surface area contributed by atoms with Gasteiger partial charge in [0, 0.05) is 19.2 Å². The zero-order valence-electron chi connectivity index (χ0n) is 14.1. The van der Waals surface area contributed by atoms with Crippen LogP contribution < -0.4 is 5.32 Å².